The SMILES string of the molecule is NC(=O)CC[C@@H](NC(=O)N1CCCCC1C(N)=O)C(=O)O. The van der Waals surface area contributed by atoms with Crippen molar-refractivity contribution < 1.29 is 24.3 Å². The summed E-state index contributed by atoms with van der Waals surface area (Å²) < 4.78 is 0. The number of hydrogen-bond acceptors (Lipinski definition) is 4. The molecule has 0 aromatic carbocycles. The van der Waals surface area contributed by atoms with Gasteiger partial charge in [-0.3, -0.25) is 9.59 Å². The summed E-state index contributed by atoms with van der Waals surface area (Å²) in [5.74, 6) is -2.53. The molecule has 9 heteroatoms. The van der Waals surface area contributed by atoms with E-state index in [1.807, 2.05) is 0 Å². The zero-order valence-corrected chi connectivity index (χ0v) is 11.6. The third-order valence-electron chi connectivity index (χ3n) is 3.37. The second kappa shape index (κ2) is 7.46. The van der Waals surface area contributed by atoms with Gasteiger partial charge in [-0.15, -0.1) is 0 Å². The van der Waals surface area contributed by atoms with E-state index in [2.05, 4.69) is 5.32 Å². The lowest BCUT2D eigenvalue weighted by atomic mass is 10.0. The zero-order valence-electron chi connectivity index (χ0n) is 11.6. The third kappa shape index (κ3) is 4.93. The van der Waals surface area contributed by atoms with Gasteiger partial charge in [0.2, 0.25) is 11.8 Å². The standard InChI is InChI=1S/C12H20N4O5/c13-9(17)5-4-7(11(19)20)15-12(21)16-6-2-1-3-8(16)10(14)18/h7-8H,1-6H2,(H2,13,17)(H2,14,18)(H,15,21)(H,19,20)/t7-,8?/m1/s1. The Morgan fingerprint density at radius 3 is 2.43 bits per heavy atom. The van der Waals surface area contributed by atoms with Crippen molar-refractivity contribution in [3.8, 4) is 0 Å². The number of carbonyl (C=O) groups is 4. The Morgan fingerprint density at radius 1 is 1.24 bits per heavy atom. The lowest BCUT2D eigenvalue weighted by Gasteiger charge is -2.34. The van der Waals surface area contributed by atoms with Gasteiger partial charge < -0.3 is 26.8 Å². The highest BCUT2D eigenvalue weighted by atomic mass is 16.4. The van der Waals surface area contributed by atoms with Crippen molar-refractivity contribution in [2.75, 3.05) is 6.54 Å². The lowest BCUT2D eigenvalue weighted by Crippen LogP contribution is -2.56. The summed E-state index contributed by atoms with van der Waals surface area (Å²) in [5.41, 5.74) is 10.2. The first-order valence-corrected chi connectivity index (χ1v) is 6.70. The van der Waals surface area contributed by atoms with Crippen LogP contribution >= 0.6 is 0 Å². The van der Waals surface area contributed by atoms with Gasteiger partial charge in [0, 0.05) is 13.0 Å². The molecule has 0 aromatic rings. The second-order valence-electron chi connectivity index (χ2n) is 4.95. The van der Waals surface area contributed by atoms with Crippen LogP contribution in [-0.2, 0) is 14.4 Å². The van der Waals surface area contributed by atoms with Crippen LogP contribution in [0.4, 0.5) is 4.79 Å². The van der Waals surface area contributed by atoms with Gasteiger partial charge in [0.25, 0.3) is 0 Å². The molecule has 1 saturated heterocycles. The Balaban J connectivity index is 2.68. The molecule has 1 unspecified atom stereocenters. The number of nitrogens with two attached hydrogens (primary N) is 2. The molecule has 1 aliphatic rings. The number of primary amides is 2. The van der Waals surface area contributed by atoms with Crippen molar-refractivity contribution in [1.82, 2.24) is 10.2 Å². The first-order chi connectivity index (χ1) is 9.82. The lowest BCUT2D eigenvalue weighted by molar-refractivity contribution is -0.139. The van der Waals surface area contributed by atoms with E-state index in [0.29, 0.717) is 13.0 Å². The second-order valence-corrected chi connectivity index (χ2v) is 4.95. The highest BCUT2D eigenvalue weighted by Gasteiger charge is 2.32. The number of piperidine rings is 1. The maximum atomic E-state index is 12.1. The average Bonchev–Trinajstić information content (AvgIpc) is 2.42. The maximum absolute atomic E-state index is 12.1. The molecule has 1 rings (SSSR count). The third-order valence-corrected chi connectivity index (χ3v) is 3.37. The van der Waals surface area contributed by atoms with E-state index in [1.165, 1.54) is 4.90 Å². The molecule has 0 aliphatic carbocycles. The number of carbonyl (C=O) groups excluding carboxylic acids is 3. The molecular formula is C12H20N4O5. The van der Waals surface area contributed by atoms with E-state index in [4.69, 9.17) is 16.6 Å². The summed E-state index contributed by atoms with van der Waals surface area (Å²) in [7, 11) is 0. The van der Waals surface area contributed by atoms with Gasteiger partial charge in [-0.1, -0.05) is 0 Å². The number of carboxylic acids is 1. The first kappa shape index (κ1) is 16.7. The Labute approximate surface area is 121 Å². The number of hydrogen-bond donors (Lipinski definition) is 4. The number of aliphatic carboxylic acids is 1. The Kier molecular flexibility index (Phi) is 5.94. The molecule has 6 N–H and O–H groups in total. The predicted molar refractivity (Wildman–Crippen MR) is 71.9 cm³/mol. The zero-order chi connectivity index (χ0) is 16.0. The van der Waals surface area contributed by atoms with Crippen molar-refractivity contribution >= 4 is 23.8 Å². The van der Waals surface area contributed by atoms with Crippen molar-refractivity contribution in [3.05, 3.63) is 0 Å². The molecule has 0 spiro atoms. The number of amides is 4. The van der Waals surface area contributed by atoms with E-state index < -0.39 is 35.9 Å². The molecule has 1 aliphatic heterocycles. The summed E-state index contributed by atoms with van der Waals surface area (Å²) in [6, 6.07) is -2.64. The van der Waals surface area contributed by atoms with Crippen LogP contribution in [0.5, 0.6) is 0 Å². The number of rotatable bonds is 6. The van der Waals surface area contributed by atoms with Gasteiger partial charge in [-0.05, 0) is 25.7 Å². The number of nitrogens with zero attached hydrogens (tertiary/aromatic N) is 1. The van der Waals surface area contributed by atoms with Gasteiger partial charge in [0.1, 0.15) is 12.1 Å². The van der Waals surface area contributed by atoms with Gasteiger partial charge in [0.15, 0.2) is 0 Å². The van der Waals surface area contributed by atoms with Gasteiger partial charge in [-0.25, -0.2) is 9.59 Å². The largest absolute Gasteiger partial charge is 0.480 e. The quantitative estimate of drug-likeness (QED) is 0.482. The minimum absolute atomic E-state index is 0.106. The average molecular weight is 300 g/mol. The number of urea groups is 1. The molecule has 4 amide bonds. The first-order valence-electron chi connectivity index (χ1n) is 6.70. The van der Waals surface area contributed by atoms with Crippen LogP contribution in [0.15, 0.2) is 0 Å². The molecule has 0 saturated carbocycles. The Hall–Kier alpha value is -2.32. The van der Waals surface area contributed by atoms with Crippen LogP contribution in [0, 0.1) is 0 Å². The van der Waals surface area contributed by atoms with Crippen LogP contribution in [0.1, 0.15) is 32.1 Å². The van der Waals surface area contributed by atoms with Gasteiger partial charge in [0.05, 0.1) is 0 Å². The monoisotopic (exact) mass is 300 g/mol. The van der Waals surface area contributed by atoms with E-state index in [9.17, 15) is 19.2 Å². The molecule has 2 atom stereocenters. The van der Waals surface area contributed by atoms with Crippen LogP contribution in [0.3, 0.4) is 0 Å². The van der Waals surface area contributed by atoms with Gasteiger partial charge >= 0.3 is 12.0 Å². The number of likely N-dealkylation sites (tertiary alicyclic amines) is 1. The molecule has 21 heavy (non-hydrogen) atoms. The van der Waals surface area contributed by atoms with Crippen LogP contribution < -0.4 is 16.8 Å². The minimum atomic E-state index is -1.27. The number of nitrogens with one attached hydrogen (secondary N) is 1. The highest BCUT2D eigenvalue weighted by molar-refractivity contribution is 5.88. The Morgan fingerprint density at radius 2 is 1.90 bits per heavy atom. The topological polar surface area (TPSA) is 156 Å². The summed E-state index contributed by atoms with van der Waals surface area (Å²) in [6.45, 7) is 0.335. The van der Waals surface area contributed by atoms with E-state index in [0.717, 1.165) is 12.8 Å². The predicted octanol–water partition coefficient (Wildman–Crippen LogP) is -1.25. The fourth-order valence-electron chi connectivity index (χ4n) is 2.25. The van der Waals surface area contributed by atoms with Crippen LogP contribution in [0.25, 0.3) is 0 Å². The van der Waals surface area contributed by atoms with Gasteiger partial charge in [-0.2, -0.15) is 0 Å². The van der Waals surface area contributed by atoms with Crippen molar-refractivity contribution in [3.63, 3.8) is 0 Å². The number of carboxylic acid groups (broad SMARTS) is 1. The summed E-state index contributed by atoms with van der Waals surface area (Å²) in [4.78, 5) is 46.4. The van der Waals surface area contributed by atoms with E-state index >= 15 is 0 Å². The smallest absolute Gasteiger partial charge is 0.326 e. The van der Waals surface area contributed by atoms with E-state index in [1.54, 1.807) is 0 Å². The minimum Gasteiger partial charge on any atom is -0.480 e. The molecule has 0 aromatic heterocycles. The molecule has 1 heterocycles. The summed E-state index contributed by atoms with van der Waals surface area (Å²) in [5, 5.41) is 11.3. The summed E-state index contributed by atoms with van der Waals surface area (Å²) in [6.07, 6.45) is 1.70. The van der Waals surface area contributed by atoms with Crippen molar-refractivity contribution in [2.24, 2.45) is 11.5 Å². The molecule has 0 radical (unpaired) electrons. The van der Waals surface area contributed by atoms with Crippen molar-refractivity contribution in [1.29, 1.82) is 0 Å². The molecule has 9 nitrogen and oxygen atoms in total. The Bertz CT molecular complexity index is 439. The van der Waals surface area contributed by atoms with E-state index in [-0.39, 0.29) is 12.8 Å². The molecule has 118 valence electrons. The molecular weight excluding hydrogens is 280 g/mol. The molecule has 0 bridgehead atoms. The fourth-order valence-corrected chi connectivity index (χ4v) is 2.25. The van der Waals surface area contributed by atoms with Crippen molar-refractivity contribution in [2.45, 2.75) is 44.2 Å². The summed E-state index contributed by atoms with van der Waals surface area (Å²) >= 11 is 0. The maximum Gasteiger partial charge on any atom is 0.326 e. The fraction of sp³-hybridized carbons (Fsp3) is 0.667. The van der Waals surface area contributed by atoms with Crippen LogP contribution in [0.2, 0.25) is 0 Å². The molecule has 1 fully saturated rings. The highest BCUT2D eigenvalue weighted by Crippen LogP contribution is 2.17. The normalized spacial score (nSPS) is 19.6. The van der Waals surface area contributed by atoms with Crippen LogP contribution in [-0.4, -0.2) is 52.4 Å².